The zero-order valence-corrected chi connectivity index (χ0v) is 40.5. The molecule has 0 bridgehead atoms. The third-order valence-corrected chi connectivity index (χ3v) is 16.2. The normalized spacial score (nSPS) is 24.4. The summed E-state index contributed by atoms with van der Waals surface area (Å²) in [4.78, 5) is 76.3. The molecule has 0 spiro atoms. The molecule has 4 aromatic carbocycles. The lowest BCUT2D eigenvalue weighted by Crippen LogP contribution is -2.45. The number of ether oxygens (including phenoxy) is 2. The summed E-state index contributed by atoms with van der Waals surface area (Å²) < 4.78 is 11.6. The van der Waals surface area contributed by atoms with Crippen molar-refractivity contribution in [3.8, 4) is 33.6 Å². The van der Waals surface area contributed by atoms with Crippen molar-refractivity contribution in [1.29, 1.82) is 0 Å². The molecule has 4 N–H and O–H groups in total. The van der Waals surface area contributed by atoms with E-state index in [1.54, 1.807) is 0 Å². The van der Waals surface area contributed by atoms with E-state index in [9.17, 15) is 19.2 Å². The maximum atomic E-state index is 14.6. The number of aromatic nitrogens is 4. The number of fused-ring (bicyclic) bond motifs is 2. The summed E-state index contributed by atoms with van der Waals surface area (Å²) in [6, 6.07) is 33.7. The van der Waals surface area contributed by atoms with E-state index in [0.29, 0.717) is 11.8 Å². The molecule has 4 heterocycles. The minimum absolute atomic E-state index is 0.115. The number of nitrogens with one attached hydrogen (secondary N) is 4. The van der Waals surface area contributed by atoms with Gasteiger partial charge in [0.15, 0.2) is 0 Å². The number of rotatable bonds is 13. The Morgan fingerprint density at radius 1 is 0.486 bits per heavy atom. The number of carbonyl (C=O) groups is 4. The van der Waals surface area contributed by atoms with Crippen LogP contribution in [0, 0.1) is 11.8 Å². The maximum Gasteiger partial charge on any atom is 0.408 e. The fraction of sp³-hybridized carbons (Fsp3) is 0.414. The van der Waals surface area contributed by atoms with Crippen molar-refractivity contribution in [3.05, 3.63) is 144 Å². The Hall–Kier alpha value is -7.22. The lowest BCUT2D eigenvalue weighted by Gasteiger charge is -2.31. The van der Waals surface area contributed by atoms with Crippen LogP contribution in [0.5, 0.6) is 0 Å². The topological polar surface area (TPSA) is 175 Å². The number of alkyl carbamates (subject to hydrolysis) is 2. The first-order valence-corrected chi connectivity index (χ1v) is 26.3. The van der Waals surface area contributed by atoms with Gasteiger partial charge in [-0.25, -0.2) is 19.6 Å². The number of benzene rings is 4. The van der Waals surface area contributed by atoms with E-state index in [1.807, 2.05) is 82.9 Å². The van der Waals surface area contributed by atoms with Crippen molar-refractivity contribution in [2.75, 3.05) is 0 Å². The molecule has 8 atom stereocenters. The summed E-state index contributed by atoms with van der Waals surface area (Å²) in [5, 5.41) is 5.91. The molecule has 14 heteroatoms. The monoisotopic (exact) mass is 966 g/mol. The van der Waals surface area contributed by atoms with Crippen molar-refractivity contribution < 1.29 is 28.7 Å². The van der Waals surface area contributed by atoms with Gasteiger partial charge in [0.05, 0.1) is 35.9 Å². The van der Waals surface area contributed by atoms with Gasteiger partial charge in [-0.15, -0.1) is 0 Å². The van der Waals surface area contributed by atoms with Crippen LogP contribution in [0.1, 0.15) is 137 Å². The number of piperidine rings is 2. The Kier molecular flexibility index (Phi) is 12.6. The zero-order valence-electron chi connectivity index (χ0n) is 40.5. The number of hydrogen-bond acceptors (Lipinski definition) is 8. The highest BCUT2D eigenvalue weighted by Crippen LogP contribution is 2.55. The molecule has 4 amide bonds. The molecule has 4 aliphatic carbocycles. The molecule has 14 nitrogen and oxygen atoms in total. The number of H-pyrrole nitrogens is 2. The first kappa shape index (κ1) is 45.9. The second kappa shape index (κ2) is 19.8. The molecule has 370 valence electrons. The molecule has 0 unspecified atom stereocenters. The lowest BCUT2D eigenvalue weighted by molar-refractivity contribution is -0.136. The average Bonchev–Trinajstić information content (AvgIpc) is 4.00. The highest BCUT2D eigenvalue weighted by atomic mass is 16.6. The van der Waals surface area contributed by atoms with Gasteiger partial charge in [-0.1, -0.05) is 122 Å². The van der Waals surface area contributed by atoms with E-state index < -0.39 is 24.3 Å². The summed E-state index contributed by atoms with van der Waals surface area (Å²) in [6.07, 6.45) is 15.8. The highest BCUT2D eigenvalue weighted by Gasteiger charge is 2.57. The smallest absolute Gasteiger partial charge is 0.408 e. The second-order valence-corrected chi connectivity index (χ2v) is 20.9. The largest absolute Gasteiger partial charge is 0.446 e. The molecular formula is C58H62N8O6. The van der Waals surface area contributed by atoms with E-state index in [-0.39, 0.29) is 48.2 Å². The zero-order chi connectivity index (χ0) is 48.7. The van der Waals surface area contributed by atoms with Crippen LogP contribution in [0.2, 0.25) is 0 Å². The van der Waals surface area contributed by atoms with Crippen LogP contribution in [-0.2, 0) is 19.1 Å². The minimum Gasteiger partial charge on any atom is -0.446 e. The second-order valence-electron chi connectivity index (χ2n) is 20.9. The van der Waals surface area contributed by atoms with Crippen LogP contribution in [0.15, 0.2) is 122 Å². The molecule has 6 aromatic rings. The molecule has 2 aliphatic heterocycles. The van der Waals surface area contributed by atoms with Crippen molar-refractivity contribution in [1.82, 2.24) is 40.4 Å². The molecule has 72 heavy (non-hydrogen) atoms. The van der Waals surface area contributed by atoms with Crippen LogP contribution in [0.25, 0.3) is 33.6 Å². The van der Waals surface area contributed by atoms with Gasteiger partial charge in [-0.05, 0) is 122 Å². The van der Waals surface area contributed by atoms with Crippen LogP contribution in [0.3, 0.4) is 0 Å². The summed E-state index contributed by atoms with van der Waals surface area (Å²) in [5.41, 5.74) is 7.28. The van der Waals surface area contributed by atoms with Crippen molar-refractivity contribution >= 4 is 24.0 Å². The predicted octanol–water partition coefficient (Wildman–Crippen LogP) is 11.1. The number of amides is 4. The summed E-state index contributed by atoms with van der Waals surface area (Å²) in [5.74, 6) is 2.02. The minimum atomic E-state index is -0.865. The van der Waals surface area contributed by atoms with Crippen LogP contribution < -0.4 is 10.6 Å². The van der Waals surface area contributed by atoms with E-state index >= 15 is 0 Å². The molecule has 2 aromatic heterocycles. The summed E-state index contributed by atoms with van der Waals surface area (Å²) in [7, 11) is 0. The van der Waals surface area contributed by atoms with Crippen molar-refractivity contribution in [3.63, 3.8) is 0 Å². The van der Waals surface area contributed by atoms with E-state index in [0.717, 1.165) is 146 Å². The molecular weight excluding hydrogens is 905 g/mol. The molecule has 2 saturated heterocycles. The van der Waals surface area contributed by atoms with E-state index in [4.69, 9.17) is 19.4 Å². The number of hydrogen-bond donors (Lipinski definition) is 4. The van der Waals surface area contributed by atoms with Gasteiger partial charge in [0, 0.05) is 12.1 Å². The van der Waals surface area contributed by atoms with E-state index in [1.165, 1.54) is 0 Å². The Labute approximate surface area is 419 Å². The number of carbonyl (C=O) groups excluding carboxylic acids is 4. The predicted molar refractivity (Wildman–Crippen MR) is 271 cm³/mol. The van der Waals surface area contributed by atoms with E-state index in [2.05, 4.69) is 69.1 Å². The fourth-order valence-electron chi connectivity index (χ4n) is 12.2. The molecule has 12 rings (SSSR count). The van der Waals surface area contributed by atoms with Gasteiger partial charge in [-0.3, -0.25) is 9.59 Å². The Morgan fingerprint density at radius 3 is 1.25 bits per heavy atom. The fourth-order valence-corrected chi connectivity index (χ4v) is 12.2. The summed E-state index contributed by atoms with van der Waals surface area (Å²) in [6.45, 7) is 0. The third kappa shape index (κ3) is 9.50. The molecule has 4 saturated carbocycles. The number of likely N-dealkylation sites (tertiary alicyclic amines) is 2. The Morgan fingerprint density at radius 2 is 0.861 bits per heavy atom. The average molecular weight is 967 g/mol. The first-order chi connectivity index (χ1) is 35.3. The number of nitrogens with zero attached hydrogens (tertiary/aromatic N) is 4. The number of aromatic amines is 2. The standard InChI is InChI=1S/C58H62N8O6/c67-55(51(39-13-5-1-6-14-39)63-57(69)71-43-17-9-3-10-18-43)65-47-29-41(47)31-49(65)53-59-33-45(61-53)37-25-21-35(22-26-37)36-23-27-38(28-24-36)46-34-60-54(62-46)50-32-42-30-48(42)66(50)56(68)52(40-15-7-2-8-16-40)64-58(70)72-44-19-11-4-12-20-44/h1-2,5-8,13-16,21-28,33-34,41-44,47-52H,3-4,9-12,17-20,29-32H2,(H,59,61)(H,60,62)(H,63,69)(H,64,70)/t41-,42+,47-,48+,49-,50+,51-,52-/m0/s1. The number of imidazole rings is 2. The van der Waals surface area contributed by atoms with Crippen molar-refractivity contribution in [2.45, 2.75) is 138 Å². The SMILES string of the molecule is O=C(N[C@H](C(=O)N1[C@@H](c2ncc(-c3ccc(-c4ccc(-c5cnc([C@@H]6C[C@@H]7C[C@@H]7N6C(=O)[C@@H](NC(=O)OC6CCCCC6)c6ccccc6)[nH]5)cc4)cc3)[nH]2)C[C@H]2C[C@H]21)c1ccccc1)OC1CCCCC1. The quantitative estimate of drug-likeness (QED) is 0.0884. The van der Waals surface area contributed by atoms with Gasteiger partial charge in [0.2, 0.25) is 0 Å². The Balaban J connectivity index is 0.704. The van der Waals surface area contributed by atoms with Crippen LogP contribution >= 0.6 is 0 Å². The molecule has 6 fully saturated rings. The van der Waals surface area contributed by atoms with Crippen LogP contribution in [-0.4, -0.2) is 78.0 Å². The molecule has 0 radical (unpaired) electrons. The molecule has 6 aliphatic rings. The van der Waals surface area contributed by atoms with Crippen molar-refractivity contribution in [2.24, 2.45) is 11.8 Å². The van der Waals surface area contributed by atoms with Crippen LogP contribution in [0.4, 0.5) is 9.59 Å². The van der Waals surface area contributed by atoms with Gasteiger partial charge in [-0.2, -0.15) is 0 Å². The summed E-state index contributed by atoms with van der Waals surface area (Å²) >= 11 is 0. The van der Waals surface area contributed by atoms with Gasteiger partial charge in [0.25, 0.3) is 11.8 Å². The highest BCUT2D eigenvalue weighted by molar-refractivity contribution is 5.89. The Bertz CT molecular complexity index is 2700. The first-order valence-electron chi connectivity index (χ1n) is 26.3. The third-order valence-electron chi connectivity index (χ3n) is 16.2. The maximum absolute atomic E-state index is 14.6. The van der Waals surface area contributed by atoms with Gasteiger partial charge in [0.1, 0.15) is 35.9 Å². The van der Waals surface area contributed by atoms with Gasteiger partial charge >= 0.3 is 12.2 Å². The lowest BCUT2D eigenvalue weighted by atomic mass is 9.98. The van der Waals surface area contributed by atoms with Gasteiger partial charge < -0.3 is 39.9 Å².